The van der Waals surface area contributed by atoms with Crippen LogP contribution in [0.25, 0.3) is 0 Å². The van der Waals surface area contributed by atoms with Crippen molar-refractivity contribution in [2.24, 2.45) is 0 Å². The van der Waals surface area contributed by atoms with Gasteiger partial charge in [-0.3, -0.25) is 9.59 Å². The second kappa shape index (κ2) is 7.52. The zero-order valence-electron chi connectivity index (χ0n) is 14.1. The van der Waals surface area contributed by atoms with Gasteiger partial charge in [0.05, 0.1) is 16.8 Å². The Morgan fingerprint density at radius 3 is 2.54 bits per heavy atom. The maximum atomic E-state index is 12.1. The van der Waals surface area contributed by atoms with E-state index in [9.17, 15) is 19.5 Å². The van der Waals surface area contributed by atoms with E-state index in [2.05, 4.69) is 10.3 Å². The summed E-state index contributed by atoms with van der Waals surface area (Å²) in [6.45, 7) is 3.57. The molecule has 0 aliphatic carbocycles. The molecule has 0 bridgehead atoms. The Morgan fingerprint density at radius 2 is 1.96 bits per heavy atom. The molecule has 2 N–H and O–H groups in total. The highest BCUT2D eigenvalue weighted by Crippen LogP contribution is 2.23. The molecule has 3 heterocycles. The molecule has 2 aromatic rings. The lowest BCUT2D eigenvalue weighted by Crippen LogP contribution is -2.48. The van der Waals surface area contributed by atoms with Crippen LogP contribution in [0.15, 0.2) is 29.8 Å². The van der Waals surface area contributed by atoms with Crippen molar-refractivity contribution >= 4 is 40.6 Å². The van der Waals surface area contributed by atoms with Gasteiger partial charge >= 0.3 is 5.97 Å². The van der Waals surface area contributed by atoms with Crippen molar-refractivity contribution in [2.45, 2.75) is 6.92 Å². The van der Waals surface area contributed by atoms with Crippen LogP contribution in [0.2, 0.25) is 0 Å². The number of pyridine rings is 1. The maximum Gasteiger partial charge on any atom is 0.339 e. The quantitative estimate of drug-likeness (QED) is 0.845. The molecule has 2 aromatic heterocycles. The van der Waals surface area contributed by atoms with Crippen molar-refractivity contribution in [3.8, 4) is 0 Å². The highest BCUT2D eigenvalue weighted by Gasteiger charge is 2.24. The van der Waals surface area contributed by atoms with Gasteiger partial charge in [-0.1, -0.05) is 6.07 Å². The number of amides is 2. The topological polar surface area (TPSA) is 103 Å². The first-order valence-corrected chi connectivity index (χ1v) is 8.92. The first kappa shape index (κ1) is 17.9. The number of rotatable bonds is 4. The third-order valence-corrected chi connectivity index (χ3v) is 4.99. The number of carbonyl (C=O) groups excluding carboxylic acids is 2. The number of carboxylic acids is 1. The Hall–Kier alpha value is -2.94. The van der Waals surface area contributed by atoms with E-state index < -0.39 is 5.97 Å². The van der Waals surface area contributed by atoms with E-state index in [1.54, 1.807) is 22.4 Å². The average Bonchev–Trinajstić information content (AvgIpc) is 3.16. The molecule has 9 heteroatoms. The molecule has 1 aliphatic heterocycles. The lowest BCUT2D eigenvalue weighted by molar-refractivity contribution is -0.129. The molecule has 0 spiro atoms. The van der Waals surface area contributed by atoms with Crippen LogP contribution in [0.5, 0.6) is 0 Å². The van der Waals surface area contributed by atoms with E-state index >= 15 is 0 Å². The summed E-state index contributed by atoms with van der Waals surface area (Å²) in [6, 6.07) is 4.87. The summed E-state index contributed by atoms with van der Waals surface area (Å²) in [6.07, 6.45) is 1.45. The molecule has 26 heavy (non-hydrogen) atoms. The molecule has 3 rings (SSSR count). The lowest BCUT2D eigenvalue weighted by Gasteiger charge is -2.35. The predicted octanol–water partition coefficient (Wildman–Crippen LogP) is 1.76. The van der Waals surface area contributed by atoms with Gasteiger partial charge in [-0.25, -0.2) is 9.78 Å². The van der Waals surface area contributed by atoms with E-state index in [0.717, 1.165) is 0 Å². The van der Waals surface area contributed by atoms with Crippen molar-refractivity contribution in [1.82, 2.24) is 9.88 Å². The summed E-state index contributed by atoms with van der Waals surface area (Å²) in [5.41, 5.74) is 0.345. The summed E-state index contributed by atoms with van der Waals surface area (Å²) in [5.74, 6) is -1.08. The lowest BCUT2D eigenvalue weighted by atomic mass is 10.2. The molecular formula is C17H18N4O4S. The molecule has 8 nitrogen and oxygen atoms in total. The number of thiophene rings is 1. The SMILES string of the molecule is CC(=O)N1CCN(c2ncc(NC(=O)c3cccs3)cc2C(=O)O)CC1. The zero-order valence-corrected chi connectivity index (χ0v) is 15.0. The van der Waals surface area contributed by atoms with Gasteiger partial charge in [0.2, 0.25) is 5.91 Å². The number of nitrogens with one attached hydrogen (secondary N) is 1. The Kier molecular flexibility index (Phi) is 5.17. The summed E-state index contributed by atoms with van der Waals surface area (Å²) in [7, 11) is 0. The van der Waals surface area contributed by atoms with Crippen LogP contribution in [-0.2, 0) is 4.79 Å². The standard InChI is InChI=1S/C17H18N4O4S/c1-11(22)20-4-6-21(7-5-20)15-13(17(24)25)9-12(10-18-15)19-16(23)14-3-2-8-26-14/h2-3,8-10H,4-7H2,1H3,(H,19,23)(H,24,25). The molecule has 136 valence electrons. The van der Waals surface area contributed by atoms with E-state index in [1.807, 2.05) is 4.90 Å². The fourth-order valence-electron chi connectivity index (χ4n) is 2.77. The second-order valence-corrected chi connectivity index (χ2v) is 6.77. The fraction of sp³-hybridized carbons (Fsp3) is 0.294. The van der Waals surface area contributed by atoms with Gasteiger partial charge in [0, 0.05) is 33.1 Å². The molecule has 0 radical (unpaired) electrons. The van der Waals surface area contributed by atoms with Crippen molar-refractivity contribution in [1.29, 1.82) is 0 Å². The fourth-order valence-corrected chi connectivity index (χ4v) is 3.39. The second-order valence-electron chi connectivity index (χ2n) is 5.82. The van der Waals surface area contributed by atoms with Crippen LogP contribution < -0.4 is 10.2 Å². The van der Waals surface area contributed by atoms with E-state index in [4.69, 9.17) is 0 Å². The van der Waals surface area contributed by atoms with E-state index in [1.165, 1.54) is 30.5 Å². The van der Waals surface area contributed by atoms with Crippen molar-refractivity contribution in [3.63, 3.8) is 0 Å². The van der Waals surface area contributed by atoms with E-state index in [0.29, 0.717) is 42.6 Å². The molecule has 1 saturated heterocycles. The number of carbonyl (C=O) groups is 3. The Labute approximate surface area is 154 Å². The van der Waals surface area contributed by atoms with Crippen LogP contribution in [0.4, 0.5) is 11.5 Å². The Balaban J connectivity index is 1.78. The number of aromatic carboxylic acids is 1. The number of hydrogen-bond donors (Lipinski definition) is 2. The summed E-state index contributed by atoms with van der Waals surface area (Å²) >= 11 is 1.30. The van der Waals surface area contributed by atoms with Gasteiger partial charge in [0.15, 0.2) is 0 Å². The smallest absolute Gasteiger partial charge is 0.339 e. The molecule has 0 saturated carbocycles. The molecular weight excluding hydrogens is 356 g/mol. The molecule has 2 amide bonds. The van der Waals surface area contributed by atoms with Gasteiger partial charge < -0.3 is 20.2 Å². The highest BCUT2D eigenvalue weighted by atomic mass is 32.1. The Morgan fingerprint density at radius 1 is 1.23 bits per heavy atom. The Bertz CT molecular complexity index is 829. The first-order valence-electron chi connectivity index (χ1n) is 8.04. The number of nitrogens with zero attached hydrogens (tertiary/aromatic N) is 3. The monoisotopic (exact) mass is 374 g/mol. The molecule has 0 atom stereocenters. The first-order chi connectivity index (χ1) is 12.5. The number of piperazine rings is 1. The summed E-state index contributed by atoms with van der Waals surface area (Å²) in [5, 5.41) is 14.0. The minimum Gasteiger partial charge on any atom is -0.478 e. The maximum absolute atomic E-state index is 12.1. The van der Waals surface area contributed by atoms with Crippen LogP contribution in [0, 0.1) is 0 Å². The van der Waals surface area contributed by atoms with Gasteiger partial charge in [0.25, 0.3) is 5.91 Å². The normalized spacial score (nSPS) is 14.2. The summed E-state index contributed by atoms with van der Waals surface area (Å²) < 4.78 is 0. The van der Waals surface area contributed by atoms with Gasteiger partial charge in [-0.15, -0.1) is 11.3 Å². The van der Waals surface area contributed by atoms with Gasteiger partial charge in [-0.05, 0) is 17.5 Å². The minimum absolute atomic E-state index is 0.00250. The highest BCUT2D eigenvalue weighted by molar-refractivity contribution is 7.12. The number of aromatic nitrogens is 1. The van der Waals surface area contributed by atoms with Crippen molar-refractivity contribution in [2.75, 3.05) is 36.4 Å². The molecule has 1 aliphatic rings. The third kappa shape index (κ3) is 3.83. The van der Waals surface area contributed by atoms with Crippen LogP contribution in [-0.4, -0.2) is 59.0 Å². The van der Waals surface area contributed by atoms with Gasteiger partial charge in [-0.2, -0.15) is 0 Å². The van der Waals surface area contributed by atoms with Crippen LogP contribution in [0.1, 0.15) is 27.0 Å². The number of carboxylic acid groups (broad SMARTS) is 1. The largest absolute Gasteiger partial charge is 0.478 e. The number of anilines is 2. The molecule has 1 fully saturated rings. The predicted molar refractivity (Wildman–Crippen MR) is 97.9 cm³/mol. The summed E-state index contributed by atoms with van der Waals surface area (Å²) in [4.78, 5) is 43.5. The molecule has 0 aromatic carbocycles. The van der Waals surface area contributed by atoms with Crippen LogP contribution in [0.3, 0.4) is 0 Å². The van der Waals surface area contributed by atoms with Crippen molar-refractivity contribution in [3.05, 3.63) is 40.2 Å². The third-order valence-electron chi connectivity index (χ3n) is 4.12. The molecule has 0 unspecified atom stereocenters. The average molecular weight is 374 g/mol. The van der Waals surface area contributed by atoms with Crippen LogP contribution >= 0.6 is 11.3 Å². The number of hydrogen-bond acceptors (Lipinski definition) is 6. The van der Waals surface area contributed by atoms with E-state index in [-0.39, 0.29) is 17.4 Å². The zero-order chi connectivity index (χ0) is 18.7. The van der Waals surface area contributed by atoms with Gasteiger partial charge in [0.1, 0.15) is 11.4 Å². The minimum atomic E-state index is -1.12. The van der Waals surface area contributed by atoms with Crippen molar-refractivity contribution < 1.29 is 19.5 Å².